The van der Waals surface area contributed by atoms with Gasteiger partial charge < -0.3 is 10.1 Å². The number of benzene rings is 2. The van der Waals surface area contributed by atoms with E-state index < -0.39 is 29.1 Å². The summed E-state index contributed by atoms with van der Waals surface area (Å²) in [6.45, 7) is 4.78. The van der Waals surface area contributed by atoms with Crippen molar-refractivity contribution < 1.29 is 23.1 Å². The van der Waals surface area contributed by atoms with Gasteiger partial charge in [0.25, 0.3) is 5.91 Å². The minimum atomic E-state index is -0.926. The lowest BCUT2D eigenvalue weighted by Crippen LogP contribution is -2.15. The molecule has 1 N–H and O–H groups in total. The Morgan fingerprint density at radius 3 is 2.00 bits per heavy atom. The molecule has 0 aliphatic heterocycles. The van der Waals surface area contributed by atoms with Gasteiger partial charge in [0.2, 0.25) is 0 Å². The lowest BCUT2D eigenvalue weighted by molar-refractivity contribution is -0.136. The lowest BCUT2D eigenvalue weighted by Gasteiger charge is -2.10. The van der Waals surface area contributed by atoms with Crippen LogP contribution in [0.5, 0.6) is 0 Å². The molecule has 6 heteroatoms. The number of nitrogens with one attached hydrogen (secondary N) is 1. The lowest BCUT2D eigenvalue weighted by atomic mass is 10.1. The highest BCUT2D eigenvalue weighted by molar-refractivity contribution is 6.04. The Labute approximate surface area is 144 Å². The molecular formula is C19H17F2NO3. The summed E-state index contributed by atoms with van der Waals surface area (Å²) in [5, 5.41) is 2.45. The maximum absolute atomic E-state index is 13.6. The Balaban J connectivity index is 2.18. The highest BCUT2D eigenvalue weighted by Crippen LogP contribution is 2.22. The van der Waals surface area contributed by atoms with E-state index in [0.717, 1.165) is 23.3 Å². The minimum Gasteiger partial charge on any atom is -0.431 e. The monoisotopic (exact) mass is 345 g/mol. The number of allylic oxidation sites excluding steroid dienone is 2. The molecular weight excluding hydrogens is 328 g/mol. The second-order valence-corrected chi connectivity index (χ2v) is 5.40. The van der Waals surface area contributed by atoms with Gasteiger partial charge in [-0.15, -0.1) is 0 Å². The van der Waals surface area contributed by atoms with Gasteiger partial charge in [0, 0.05) is 12.6 Å². The van der Waals surface area contributed by atoms with Crippen LogP contribution in [0.3, 0.4) is 0 Å². The van der Waals surface area contributed by atoms with Gasteiger partial charge >= 0.3 is 5.97 Å². The molecule has 0 saturated heterocycles. The van der Waals surface area contributed by atoms with Crippen molar-refractivity contribution in [2.24, 2.45) is 0 Å². The van der Waals surface area contributed by atoms with Gasteiger partial charge in [-0.1, -0.05) is 18.2 Å². The van der Waals surface area contributed by atoms with E-state index in [4.69, 9.17) is 4.74 Å². The summed E-state index contributed by atoms with van der Waals surface area (Å²) in [6.07, 6.45) is 0. The van der Waals surface area contributed by atoms with Crippen LogP contribution >= 0.6 is 0 Å². The van der Waals surface area contributed by atoms with E-state index in [1.165, 1.54) is 13.0 Å². The van der Waals surface area contributed by atoms with Crippen LogP contribution < -0.4 is 5.32 Å². The molecule has 25 heavy (non-hydrogen) atoms. The molecule has 4 nitrogen and oxygen atoms in total. The zero-order valence-corrected chi connectivity index (χ0v) is 14.0. The van der Waals surface area contributed by atoms with Gasteiger partial charge in [-0.05, 0) is 49.2 Å². The van der Waals surface area contributed by atoms with Crippen molar-refractivity contribution >= 4 is 23.1 Å². The fraction of sp³-hybridized carbons (Fsp3) is 0.158. The summed E-state index contributed by atoms with van der Waals surface area (Å²) in [7, 11) is 0. The van der Waals surface area contributed by atoms with Gasteiger partial charge in [0.1, 0.15) is 23.0 Å². The van der Waals surface area contributed by atoms with Crippen molar-refractivity contribution in [1.82, 2.24) is 0 Å². The van der Waals surface area contributed by atoms with E-state index >= 15 is 0 Å². The normalized spacial score (nSPS) is 11.6. The molecule has 130 valence electrons. The SMILES string of the molecule is CC(=O)OC(C)=C(C)c1ccc(NC(=O)c2c(F)cccc2F)cc1. The van der Waals surface area contributed by atoms with E-state index in [2.05, 4.69) is 5.32 Å². The fourth-order valence-corrected chi connectivity index (χ4v) is 2.21. The first kappa shape index (κ1) is 18.3. The number of anilines is 1. The van der Waals surface area contributed by atoms with E-state index in [9.17, 15) is 18.4 Å². The number of rotatable bonds is 4. The van der Waals surface area contributed by atoms with Gasteiger partial charge in [0.15, 0.2) is 0 Å². The molecule has 0 bridgehead atoms. The molecule has 0 unspecified atom stereocenters. The zero-order valence-electron chi connectivity index (χ0n) is 14.0. The van der Waals surface area contributed by atoms with Crippen molar-refractivity contribution in [2.75, 3.05) is 5.32 Å². The number of carbonyl (C=O) groups is 2. The van der Waals surface area contributed by atoms with Gasteiger partial charge in [-0.3, -0.25) is 9.59 Å². The first-order valence-corrected chi connectivity index (χ1v) is 7.51. The molecule has 0 radical (unpaired) electrons. The second kappa shape index (κ2) is 7.70. The van der Waals surface area contributed by atoms with Crippen LogP contribution in [0.4, 0.5) is 14.5 Å². The number of halogens is 2. The Morgan fingerprint density at radius 1 is 0.920 bits per heavy atom. The van der Waals surface area contributed by atoms with Crippen LogP contribution in [0, 0.1) is 11.6 Å². The van der Waals surface area contributed by atoms with Crippen LogP contribution in [0.1, 0.15) is 36.7 Å². The van der Waals surface area contributed by atoms with E-state index in [0.29, 0.717) is 11.4 Å². The number of hydrogen-bond donors (Lipinski definition) is 1. The molecule has 2 aromatic rings. The van der Waals surface area contributed by atoms with Crippen molar-refractivity contribution in [3.8, 4) is 0 Å². The molecule has 0 aromatic heterocycles. The summed E-state index contributed by atoms with van der Waals surface area (Å²) < 4.78 is 32.3. The molecule has 0 saturated carbocycles. The summed E-state index contributed by atoms with van der Waals surface area (Å²) >= 11 is 0. The molecule has 0 aliphatic rings. The second-order valence-electron chi connectivity index (χ2n) is 5.40. The van der Waals surface area contributed by atoms with E-state index in [-0.39, 0.29) is 0 Å². The number of hydrogen-bond acceptors (Lipinski definition) is 3. The third kappa shape index (κ3) is 4.50. The quantitative estimate of drug-likeness (QED) is 0.654. The minimum absolute atomic E-state index is 0.384. The largest absolute Gasteiger partial charge is 0.431 e. The van der Waals surface area contributed by atoms with E-state index in [1.807, 2.05) is 0 Å². The van der Waals surface area contributed by atoms with Crippen LogP contribution in [0.25, 0.3) is 5.57 Å². The number of esters is 1. The summed E-state index contributed by atoms with van der Waals surface area (Å²) in [6, 6.07) is 9.83. The molecule has 0 fully saturated rings. The standard InChI is InChI=1S/C19H17F2NO3/c1-11(12(2)25-13(3)23)14-7-9-15(10-8-14)22-19(24)18-16(20)5-4-6-17(18)21/h4-10H,1-3H3,(H,22,24). The molecule has 0 aliphatic carbocycles. The maximum atomic E-state index is 13.6. The number of carbonyl (C=O) groups excluding carboxylic acids is 2. The van der Waals surface area contributed by atoms with Crippen LogP contribution in [0.2, 0.25) is 0 Å². The molecule has 0 atom stereocenters. The third-order valence-electron chi connectivity index (χ3n) is 3.59. The highest BCUT2D eigenvalue weighted by atomic mass is 19.1. The predicted molar refractivity (Wildman–Crippen MR) is 90.8 cm³/mol. The summed E-state index contributed by atoms with van der Waals surface area (Å²) in [4.78, 5) is 23.0. The Hall–Kier alpha value is -3.02. The van der Waals surface area contributed by atoms with Crippen molar-refractivity contribution in [2.45, 2.75) is 20.8 Å². The Morgan fingerprint density at radius 2 is 1.48 bits per heavy atom. The smallest absolute Gasteiger partial charge is 0.307 e. The van der Waals surface area contributed by atoms with Gasteiger partial charge in [0.05, 0.1) is 0 Å². The first-order chi connectivity index (χ1) is 11.8. The topological polar surface area (TPSA) is 55.4 Å². The van der Waals surface area contributed by atoms with Crippen LogP contribution in [0.15, 0.2) is 48.2 Å². The average Bonchev–Trinajstić information content (AvgIpc) is 2.54. The Bertz CT molecular complexity index is 822. The molecule has 2 rings (SSSR count). The fourth-order valence-electron chi connectivity index (χ4n) is 2.21. The molecule has 2 aromatic carbocycles. The number of amides is 1. The van der Waals surface area contributed by atoms with Crippen LogP contribution in [-0.2, 0) is 9.53 Å². The van der Waals surface area contributed by atoms with Gasteiger partial charge in [-0.2, -0.15) is 0 Å². The van der Waals surface area contributed by atoms with Crippen molar-refractivity contribution in [1.29, 1.82) is 0 Å². The molecule has 0 heterocycles. The summed E-state index contributed by atoms with van der Waals surface area (Å²) in [5.41, 5.74) is 1.30. The first-order valence-electron chi connectivity index (χ1n) is 7.51. The van der Waals surface area contributed by atoms with Gasteiger partial charge in [-0.25, -0.2) is 8.78 Å². The highest BCUT2D eigenvalue weighted by Gasteiger charge is 2.17. The summed E-state index contributed by atoms with van der Waals surface area (Å²) in [5.74, 6) is -2.66. The molecule has 0 spiro atoms. The third-order valence-corrected chi connectivity index (χ3v) is 3.59. The van der Waals surface area contributed by atoms with E-state index in [1.54, 1.807) is 38.1 Å². The number of ether oxygens (including phenoxy) is 1. The van der Waals surface area contributed by atoms with Crippen LogP contribution in [-0.4, -0.2) is 11.9 Å². The zero-order chi connectivity index (χ0) is 18.6. The van der Waals surface area contributed by atoms with Crippen molar-refractivity contribution in [3.63, 3.8) is 0 Å². The Kier molecular flexibility index (Phi) is 5.64. The predicted octanol–water partition coefficient (Wildman–Crippen LogP) is 4.53. The molecule has 1 amide bonds. The maximum Gasteiger partial charge on any atom is 0.307 e. The van der Waals surface area contributed by atoms with Crippen molar-refractivity contribution in [3.05, 3.63) is 71.0 Å². The average molecular weight is 345 g/mol.